The number of ether oxygens (including phenoxy) is 6. The van der Waals surface area contributed by atoms with Crippen LogP contribution in [0.15, 0.2) is 54.8 Å². The van der Waals surface area contributed by atoms with E-state index in [9.17, 15) is 4.79 Å². The highest BCUT2D eigenvalue weighted by molar-refractivity contribution is 6.42. The molecule has 1 aromatic rings. The van der Waals surface area contributed by atoms with Gasteiger partial charge in [0.05, 0.1) is 82.0 Å². The molecule has 11 heteroatoms. The Bertz CT molecular complexity index is 986. The van der Waals surface area contributed by atoms with Crippen molar-refractivity contribution in [3.05, 3.63) is 70.5 Å². The molecule has 0 bridgehead atoms. The lowest BCUT2D eigenvalue weighted by molar-refractivity contribution is -0.130. The molecule has 2 rings (SSSR count). The maximum Gasteiger partial charge on any atom is 0.227 e. The van der Waals surface area contributed by atoms with Gasteiger partial charge in [-0.05, 0) is 55.8 Å². The molecule has 1 aliphatic heterocycles. The van der Waals surface area contributed by atoms with E-state index in [4.69, 9.17) is 51.6 Å². The summed E-state index contributed by atoms with van der Waals surface area (Å²) in [5, 5.41) is 0.920. The van der Waals surface area contributed by atoms with Gasteiger partial charge in [0.15, 0.2) is 0 Å². The van der Waals surface area contributed by atoms with Crippen LogP contribution < -0.4 is 0 Å². The van der Waals surface area contributed by atoms with Crippen LogP contribution in [0.2, 0.25) is 10.0 Å². The minimum absolute atomic E-state index is 0.00776. The molecule has 1 aliphatic rings. The summed E-state index contributed by atoms with van der Waals surface area (Å²) in [4.78, 5) is 17.3. The van der Waals surface area contributed by atoms with E-state index in [0.29, 0.717) is 81.9 Å². The van der Waals surface area contributed by atoms with Crippen molar-refractivity contribution in [2.24, 2.45) is 0 Å². The van der Waals surface area contributed by atoms with Crippen LogP contribution >= 0.6 is 23.2 Å². The molecule has 0 radical (unpaired) electrons. The molecular weight excluding hydrogens is 595 g/mol. The Labute approximate surface area is 267 Å². The molecule has 0 aromatic heterocycles. The fourth-order valence-corrected chi connectivity index (χ4v) is 4.57. The predicted octanol–water partition coefficient (Wildman–Crippen LogP) is 4.81. The second-order valence-electron chi connectivity index (χ2n) is 9.95. The van der Waals surface area contributed by atoms with Crippen LogP contribution in [-0.2, 0) is 39.6 Å². The van der Waals surface area contributed by atoms with Crippen LogP contribution in [0.4, 0.5) is 0 Å². The lowest BCUT2D eigenvalue weighted by Gasteiger charge is -2.29. The van der Waals surface area contributed by atoms with Crippen molar-refractivity contribution in [2.45, 2.75) is 25.3 Å². The van der Waals surface area contributed by atoms with Crippen LogP contribution in [0.5, 0.6) is 0 Å². The Balaban J connectivity index is 1.70. The van der Waals surface area contributed by atoms with E-state index in [0.717, 1.165) is 25.2 Å². The zero-order valence-electron chi connectivity index (χ0n) is 25.6. The van der Waals surface area contributed by atoms with Crippen molar-refractivity contribution in [3.8, 4) is 0 Å². The van der Waals surface area contributed by atoms with Gasteiger partial charge in [0.1, 0.15) is 12.4 Å². The molecule has 1 fully saturated rings. The highest BCUT2D eigenvalue weighted by Gasteiger charge is 2.22. The summed E-state index contributed by atoms with van der Waals surface area (Å²) in [5.41, 5.74) is 0.829. The van der Waals surface area contributed by atoms with Crippen LogP contribution in [0, 0.1) is 0 Å². The summed E-state index contributed by atoms with van der Waals surface area (Å²) in [6.45, 7) is 11.7. The Kier molecular flexibility index (Phi) is 20.3. The van der Waals surface area contributed by atoms with Crippen molar-refractivity contribution < 1.29 is 33.2 Å². The molecule has 9 nitrogen and oxygen atoms in total. The molecule has 1 saturated heterocycles. The number of allylic oxidation sites excluding steroid dienone is 3. The largest absolute Gasteiger partial charge is 0.491 e. The molecule has 1 atom stereocenters. The number of carbonyl (C=O) groups is 1. The van der Waals surface area contributed by atoms with Gasteiger partial charge in [-0.25, -0.2) is 0 Å². The van der Waals surface area contributed by atoms with Crippen molar-refractivity contribution in [1.82, 2.24) is 9.80 Å². The van der Waals surface area contributed by atoms with Crippen LogP contribution in [0.25, 0.3) is 0 Å². The molecule has 0 N–H and O–H groups in total. The van der Waals surface area contributed by atoms with Crippen molar-refractivity contribution in [1.29, 1.82) is 0 Å². The SMILES string of the molecule is C=CC(=CC=CC(CN1CCCC1)N(C)C(=O)Cc1ccc(Cl)c(Cl)c1)OCCOCCOCCOCCOCCOC. The molecule has 1 aromatic carbocycles. The van der Waals surface area contributed by atoms with Crippen molar-refractivity contribution in [3.63, 3.8) is 0 Å². The van der Waals surface area contributed by atoms with E-state index in [-0.39, 0.29) is 18.4 Å². The highest BCUT2D eigenvalue weighted by atomic mass is 35.5. The molecular formula is C32H48Cl2N2O7. The van der Waals surface area contributed by atoms with Crippen LogP contribution in [0.1, 0.15) is 18.4 Å². The maximum atomic E-state index is 13.1. The zero-order valence-corrected chi connectivity index (χ0v) is 27.2. The number of likely N-dealkylation sites (tertiary alicyclic amines) is 1. The molecule has 0 spiro atoms. The third-order valence-corrected chi connectivity index (χ3v) is 7.45. The third kappa shape index (κ3) is 16.6. The summed E-state index contributed by atoms with van der Waals surface area (Å²) in [5.74, 6) is 0.637. The van der Waals surface area contributed by atoms with E-state index in [2.05, 4.69) is 11.5 Å². The fraction of sp³-hybridized carbons (Fsp3) is 0.594. The number of halogens is 2. The Morgan fingerprint density at radius 2 is 1.51 bits per heavy atom. The summed E-state index contributed by atoms with van der Waals surface area (Å²) < 4.78 is 32.5. The number of benzene rings is 1. The Hall–Kier alpha value is -1.95. The Morgan fingerprint density at radius 1 is 0.930 bits per heavy atom. The van der Waals surface area contributed by atoms with Gasteiger partial charge in [-0.15, -0.1) is 0 Å². The lowest BCUT2D eigenvalue weighted by Crippen LogP contribution is -2.43. The summed E-state index contributed by atoms with van der Waals surface area (Å²) in [7, 11) is 3.48. The van der Waals surface area contributed by atoms with E-state index < -0.39 is 0 Å². The number of amides is 1. The average Bonchev–Trinajstić information content (AvgIpc) is 3.52. The normalized spacial score (nSPS) is 14.8. The fourth-order valence-electron chi connectivity index (χ4n) is 4.25. The molecule has 0 saturated carbocycles. The minimum atomic E-state index is -0.0985. The van der Waals surface area contributed by atoms with E-state index >= 15 is 0 Å². The second kappa shape index (κ2) is 23.4. The van der Waals surface area contributed by atoms with Gasteiger partial charge in [0.25, 0.3) is 0 Å². The first-order valence-electron chi connectivity index (χ1n) is 14.8. The topological polar surface area (TPSA) is 78.9 Å². The van der Waals surface area contributed by atoms with Gasteiger partial charge < -0.3 is 38.2 Å². The van der Waals surface area contributed by atoms with Crippen molar-refractivity contribution in [2.75, 3.05) is 99.9 Å². The van der Waals surface area contributed by atoms with Gasteiger partial charge >= 0.3 is 0 Å². The first kappa shape index (κ1) is 37.2. The van der Waals surface area contributed by atoms with Gasteiger partial charge in [-0.1, -0.05) is 48.0 Å². The zero-order chi connectivity index (χ0) is 31.1. The number of hydrogen-bond acceptors (Lipinski definition) is 8. The van der Waals surface area contributed by atoms with Gasteiger partial charge in [0.2, 0.25) is 5.91 Å². The number of methoxy groups -OCH3 is 1. The predicted molar refractivity (Wildman–Crippen MR) is 171 cm³/mol. The molecule has 1 heterocycles. The molecule has 1 amide bonds. The number of hydrogen-bond donors (Lipinski definition) is 0. The highest BCUT2D eigenvalue weighted by Crippen LogP contribution is 2.23. The van der Waals surface area contributed by atoms with Gasteiger partial charge in [-0.2, -0.15) is 0 Å². The number of rotatable bonds is 24. The van der Waals surface area contributed by atoms with E-state index in [1.54, 1.807) is 30.2 Å². The monoisotopic (exact) mass is 642 g/mol. The smallest absolute Gasteiger partial charge is 0.227 e. The molecule has 1 unspecified atom stereocenters. The van der Waals surface area contributed by atoms with E-state index in [1.807, 2.05) is 31.3 Å². The summed E-state index contributed by atoms with van der Waals surface area (Å²) in [6.07, 6.45) is 10.1. The lowest BCUT2D eigenvalue weighted by atomic mass is 10.1. The number of carbonyl (C=O) groups excluding carboxylic acids is 1. The van der Waals surface area contributed by atoms with E-state index in [1.165, 1.54) is 12.8 Å². The quantitative estimate of drug-likeness (QED) is 0.0903. The molecule has 43 heavy (non-hydrogen) atoms. The first-order chi connectivity index (χ1) is 20.9. The van der Waals surface area contributed by atoms with Gasteiger partial charge in [0, 0.05) is 20.7 Å². The summed E-state index contributed by atoms with van der Waals surface area (Å²) in [6, 6.07) is 5.20. The van der Waals surface area contributed by atoms with Gasteiger partial charge in [-0.3, -0.25) is 4.79 Å². The first-order valence-corrected chi connectivity index (χ1v) is 15.6. The molecule has 0 aliphatic carbocycles. The molecule has 242 valence electrons. The average molecular weight is 644 g/mol. The van der Waals surface area contributed by atoms with Crippen LogP contribution in [-0.4, -0.2) is 122 Å². The number of likely N-dealkylation sites (N-methyl/N-ethyl adjacent to an activating group) is 1. The Morgan fingerprint density at radius 3 is 2.07 bits per heavy atom. The number of nitrogens with zero attached hydrogens (tertiary/aromatic N) is 2. The third-order valence-electron chi connectivity index (χ3n) is 6.71. The van der Waals surface area contributed by atoms with Crippen LogP contribution in [0.3, 0.4) is 0 Å². The minimum Gasteiger partial charge on any atom is -0.491 e. The second-order valence-corrected chi connectivity index (χ2v) is 10.8. The maximum absolute atomic E-state index is 13.1. The summed E-state index contributed by atoms with van der Waals surface area (Å²) >= 11 is 12.2. The van der Waals surface area contributed by atoms with Crippen molar-refractivity contribution >= 4 is 29.1 Å². The standard InChI is InChI=1S/C32H48Cl2N2O7/c1-4-29(43-23-22-42-21-20-41-19-18-40-17-16-39-15-14-38-3)9-7-8-28(26-36-12-5-6-13-36)35(2)32(37)25-27-10-11-30(33)31(34)24-27/h4,7-11,24,28H,1,5-6,12-23,25-26H2,2-3H3.